The van der Waals surface area contributed by atoms with Crippen molar-refractivity contribution in [3.63, 3.8) is 0 Å². The van der Waals surface area contributed by atoms with Crippen molar-refractivity contribution in [2.75, 3.05) is 37.6 Å². The molecule has 0 saturated carbocycles. The Hall–Kier alpha value is -2.46. The number of nitriles is 1. The fourth-order valence-electron chi connectivity index (χ4n) is 4.72. The second kappa shape index (κ2) is 10.6. The van der Waals surface area contributed by atoms with Gasteiger partial charge in [0.25, 0.3) is 0 Å². The summed E-state index contributed by atoms with van der Waals surface area (Å²) < 4.78 is 6.09. The molecule has 0 atom stereocenters. The number of halogens is 2. The van der Waals surface area contributed by atoms with Crippen LogP contribution in [0.1, 0.15) is 41.6 Å². The highest BCUT2D eigenvalue weighted by Gasteiger charge is 2.27. The molecule has 4 rings (SSSR count). The van der Waals surface area contributed by atoms with E-state index in [4.69, 9.17) is 33.2 Å². The first-order valence-electron chi connectivity index (χ1n) is 11.3. The topological polar surface area (TPSA) is 76.8 Å². The molecule has 2 fully saturated rings. The van der Waals surface area contributed by atoms with Crippen LogP contribution in [0.4, 0.5) is 5.69 Å². The molecule has 6 nitrogen and oxygen atoms in total. The number of anilines is 1. The Labute approximate surface area is 204 Å². The zero-order chi connectivity index (χ0) is 23.4. The largest absolute Gasteiger partial charge is 0.489 e. The maximum absolute atomic E-state index is 11.6. The van der Waals surface area contributed by atoms with E-state index >= 15 is 0 Å². The first-order valence-corrected chi connectivity index (χ1v) is 12.0. The van der Waals surface area contributed by atoms with Crippen molar-refractivity contribution in [1.82, 2.24) is 4.90 Å². The molecule has 2 saturated heterocycles. The Morgan fingerprint density at radius 2 is 1.79 bits per heavy atom. The van der Waals surface area contributed by atoms with Gasteiger partial charge in [-0.2, -0.15) is 5.26 Å². The number of benzene rings is 2. The smallest absolute Gasteiger partial charge is 0.337 e. The molecule has 2 aliphatic heterocycles. The van der Waals surface area contributed by atoms with Gasteiger partial charge in [0.05, 0.1) is 27.9 Å². The number of nitrogens with zero attached hydrogens (tertiary/aromatic N) is 3. The highest BCUT2D eigenvalue weighted by atomic mass is 35.5. The molecule has 0 radical (unpaired) electrons. The molecule has 0 bridgehead atoms. The molecule has 0 spiro atoms. The number of hydrogen-bond donors (Lipinski definition) is 1. The number of ether oxygens (including phenoxy) is 1. The van der Waals surface area contributed by atoms with Crippen LogP contribution in [0.3, 0.4) is 0 Å². The second-order valence-electron chi connectivity index (χ2n) is 8.77. The van der Waals surface area contributed by atoms with Crippen LogP contribution in [0.5, 0.6) is 5.75 Å². The first-order chi connectivity index (χ1) is 15.9. The van der Waals surface area contributed by atoms with Crippen molar-refractivity contribution in [1.29, 1.82) is 5.26 Å². The van der Waals surface area contributed by atoms with Crippen molar-refractivity contribution in [3.05, 3.63) is 57.6 Å². The fourth-order valence-corrected chi connectivity index (χ4v) is 5.12. The van der Waals surface area contributed by atoms with E-state index in [0.29, 0.717) is 38.5 Å². The maximum Gasteiger partial charge on any atom is 0.337 e. The highest BCUT2D eigenvalue weighted by Crippen LogP contribution is 2.31. The lowest BCUT2D eigenvalue weighted by atomic mass is 9.94. The lowest BCUT2D eigenvalue weighted by Gasteiger charge is -2.38. The summed E-state index contributed by atoms with van der Waals surface area (Å²) in [4.78, 5) is 16.2. The van der Waals surface area contributed by atoms with Gasteiger partial charge < -0.3 is 19.6 Å². The Morgan fingerprint density at radius 3 is 2.42 bits per heavy atom. The summed E-state index contributed by atoms with van der Waals surface area (Å²) in [6, 6.07) is 12.2. The van der Waals surface area contributed by atoms with E-state index in [0.717, 1.165) is 58.4 Å². The summed E-state index contributed by atoms with van der Waals surface area (Å²) in [5.41, 5.74) is 1.55. The molecule has 2 heterocycles. The lowest BCUT2D eigenvalue weighted by Crippen LogP contribution is -2.43. The van der Waals surface area contributed by atoms with Crippen molar-refractivity contribution < 1.29 is 14.6 Å². The van der Waals surface area contributed by atoms with Gasteiger partial charge in [0.2, 0.25) is 0 Å². The molecule has 8 heteroatoms. The number of carboxylic acids is 1. The standard InChI is InChI=1S/C25H27Cl2N3O3/c26-19-2-3-21(25(31)32)23(14-19)30-11-5-17(6-12-30)16-29-9-7-20(8-10-29)33-24-4-1-18(15-28)13-22(24)27/h1-4,13-14,17,20H,5-12,16H2,(H,31,32). The third-order valence-electron chi connectivity index (χ3n) is 6.55. The van der Waals surface area contributed by atoms with Gasteiger partial charge in [-0.05, 0) is 68.0 Å². The molecule has 0 amide bonds. The molecule has 174 valence electrons. The van der Waals surface area contributed by atoms with E-state index in [9.17, 15) is 9.90 Å². The molecule has 0 unspecified atom stereocenters. The predicted molar refractivity (Wildman–Crippen MR) is 130 cm³/mol. The number of likely N-dealkylation sites (tertiary alicyclic amines) is 1. The lowest BCUT2D eigenvalue weighted by molar-refractivity contribution is 0.0697. The molecule has 2 aliphatic rings. The van der Waals surface area contributed by atoms with Gasteiger partial charge in [-0.1, -0.05) is 23.2 Å². The zero-order valence-corrected chi connectivity index (χ0v) is 19.9. The van der Waals surface area contributed by atoms with Crippen molar-refractivity contribution >= 4 is 34.9 Å². The Balaban J connectivity index is 1.24. The highest BCUT2D eigenvalue weighted by molar-refractivity contribution is 6.32. The normalized spacial score (nSPS) is 18.2. The van der Waals surface area contributed by atoms with Crippen molar-refractivity contribution in [2.24, 2.45) is 5.92 Å². The quantitative estimate of drug-likeness (QED) is 0.593. The average molecular weight is 488 g/mol. The van der Waals surface area contributed by atoms with Crippen LogP contribution in [0, 0.1) is 17.2 Å². The second-order valence-corrected chi connectivity index (χ2v) is 9.62. The summed E-state index contributed by atoms with van der Waals surface area (Å²) in [7, 11) is 0. The molecule has 0 aromatic heterocycles. The summed E-state index contributed by atoms with van der Waals surface area (Å²) >= 11 is 12.4. The summed E-state index contributed by atoms with van der Waals surface area (Å²) in [5, 5.41) is 19.5. The number of rotatable bonds is 6. The number of piperidine rings is 2. The van der Waals surface area contributed by atoms with Crippen LogP contribution in [-0.4, -0.2) is 54.8 Å². The van der Waals surface area contributed by atoms with Crippen molar-refractivity contribution in [3.8, 4) is 11.8 Å². The average Bonchev–Trinajstić information content (AvgIpc) is 2.82. The molecule has 33 heavy (non-hydrogen) atoms. The fraction of sp³-hybridized carbons (Fsp3) is 0.440. The van der Waals surface area contributed by atoms with Gasteiger partial charge in [-0.3, -0.25) is 0 Å². The van der Waals surface area contributed by atoms with Gasteiger partial charge in [0, 0.05) is 37.7 Å². The summed E-state index contributed by atoms with van der Waals surface area (Å²) in [5.74, 6) is 0.318. The van der Waals surface area contributed by atoms with Crippen LogP contribution < -0.4 is 9.64 Å². The van der Waals surface area contributed by atoms with Gasteiger partial charge >= 0.3 is 5.97 Å². The van der Waals surface area contributed by atoms with E-state index in [1.54, 1.807) is 36.4 Å². The third kappa shape index (κ3) is 5.92. The van der Waals surface area contributed by atoms with Gasteiger partial charge in [0.15, 0.2) is 0 Å². The minimum absolute atomic E-state index is 0.130. The number of carbonyl (C=O) groups is 1. The summed E-state index contributed by atoms with van der Waals surface area (Å²) in [6.07, 6.45) is 4.08. The molecular weight excluding hydrogens is 461 g/mol. The number of carboxylic acid groups (broad SMARTS) is 1. The Kier molecular flexibility index (Phi) is 7.64. The van der Waals surface area contributed by atoms with Gasteiger partial charge in [0.1, 0.15) is 11.9 Å². The van der Waals surface area contributed by atoms with Crippen LogP contribution >= 0.6 is 23.2 Å². The summed E-state index contributed by atoms with van der Waals surface area (Å²) in [6.45, 7) is 4.69. The minimum Gasteiger partial charge on any atom is -0.489 e. The third-order valence-corrected chi connectivity index (χ3v) is 7.08. The van der Waals surface area contributed by atoms with Crippen LogP contribution in [0.15, 0.2) is 36.4 Å². The SMILES string of the molecule is N#Cc1ccc(OC2CCN(CC3CCN(c4cc(Cl)ccc4C(=O)O)CC3)CC2)c(Cl)c1. The molecule has 1 N–H and O–H groups in total. The van der Waals surface area contributed by atoms with Crippen molar-refractivity contribution in [2.45, 2.75) is 31.8 Å². The molecule has 2 aromatic carbocycles. The van der Waals surface area contributed by atoms with E-state index in [-0.39, 0.29) is 6.10 Å². The van der Waals surface area contributed by atoms with Gasteiger partial charge in [-0.25, -0.2) is 4.79 Å². The Morgan fingerprint density at radius 1 is 1.06 bits per heavy atom. The van der Waals surface area contributed by atoms with E-state index in [1.807, 2.05) is 0 Å². The molecule has 2 aromatic rings. The predicted octanol–water partition coefficient (Wildman–Crippen LogP) is 5.32. The maximum atomic E-state index is 11.6. The number of hydrogen-bond acceptors (Lipinski definition) is 5. The van der Waals surface area contributed by atoms with Crippen LogP contribution in [-0.2, 0) is 0 Å². The van der Waals surface area contributed by atoms with Gasteiger partial charge in [-0.15, -0.1) is 0 Å². The Bertz CT molecular complexity index is 1040. The molecule has 0 aliphatic carbocycles. The van der Waals surface area contributed by atoms with Crippen LogP contribution in [0.25, 0.3) is 0 Å². The first kappa shape index (κ1) is 23.7. The van der Waals surface area contributed by atoms with Crippen LogP contribution in [0.2, 0.25) is 10.0 Å². The minimum atomic E-state index is -0.920. The van der Waals surface area contributed by atoms with E-state index in [1.165, 1.54) is 0 Å². The zero-order valence-electron chi connectivity index (χ0n) is 18.3. The van der Waals surface area contributed by atoms with E-state index < -0.39 is 5.97 Å². The molecular formula is C25H27Cl2N3O3. The monoisotopic (exact) mass is 487 g/mol. The number of aromatic carboxylic acids is 1. The van der Waals surface area contributed by atoms with E-state index in [2.05, 4.69) is 15.9 Å².